The minimum Gasteiger partial charge on any atom is -0.506 e. The van der Waals surface area contributed by atoms with E-state index in [0.717, 1.165) is 24.0 Å². The van der Waals surface area contributed by atoms with Crippen molar-refractivity contribution < 1.29 is 9.90 Å². The first-order chi connectivity index (χ1) is 11.5. The molecule has 1 unspecified atom stereocenters. The van der Waals surface area contributed by atoms with Crippen LogP contribution in [0.2, 0.25) is 5.02 Å². The molecule has 1 saturated heterocycles. The molecule has 5 nitrogen and oxygen atoms in total. The van der Waals surface area contributed by atoms with Gasteiger partial charge in [0.15, 0.2) is 0 Å². The molecule has 1 aliphatic rings. The molecule has 3 rings (SSSR count). The first-order valence-electron chi connectivity index (χ1n) is 7.98. The van der Waals surface area contributed by atoms with E-state index < -0.39 is 6.04 Å². The second-order valence-corrected chi connectivity index (χ2v) is 6.54. The van der Waals surface area contributed by atoms with Crippen LogP contribution in [0.3, 0.4) is 0 Å². The van der Waals surface area contributed by atoms with Gasteiger partial charge in [-0.05, 0) is 48.1 Å². The SMILES string of the molecule is NC(C(=O)N1CCC(c2cncc(O)c2)CC1)c1ccc(Cl)cc1. The number of nitrogens with zero attached hydrogens (tertiary/aromatic N) is 2. The summed E-state index contributed by atoms with van der Waals surface area (Å²) in [4.78, 5) is 18.4. The zero-order valence-electron chi connectivity index (χ0n) is 13.2. The quantitative estimate of drug-likeness (QED) is 0.896. The molecule has 0 saturated carbocycles. The molecule has 2 aromatic rings. The van der Waals surface area contributed by atoms with E-state index in [1.807, 2.05) is 4.90 Å². The summed E-state index contributed by atoms with van der Waals surface area (Å²) in [5, 5.41) is 10.2. The Morgan fingerprint density at radius 1 is 1.25 bits per heavy atom. The van der Waals surface area contributed by atoms with Crippen molar-refractivity contribution in [2.24, 2.45) is 5.73 Å². The predicted octanol–water partition coefficient (Wildman–Crippen LogP) is 2.85. The number of hydrogen-bond acceptors (Lipinski definition) is 4. The van der Waals surface area contributed by atoms with Crippen molar-refractivity contribution in [3.63, 3.8) is 0 Å². The van der Waals surface area contributed by atoms with Crippen molar-refractivity contribution >= 4 is 17.5 Å². The van der Waals surface area contributed by atoms with E-state index in [9.17, 15) is 9.90 Å². The molecule has 1 amide bonds. The van der Waals surface area contributed by atoms with Crippen LogP contribution in [0.25, 0.3) is 0 Å². The first kappa shape index (κ1) is 16.7. The second kappa shape index (κ2) is 7.20. The summed E-state index contributed by atoms with van der Waals surface area (Å²) in [6.07, 6.45) is 4.88. The molecular formula is C18H20ClN3O2. The van der Waals surface area contributed by atoms with Crippen LogP contribution in [0, 0.1) is 0 Å². The largest absolute Gasteiger partial charge is 0.506 e. The zero-order valence-corrected chi connectivity index (χ0v) is 14.0. The van der Waals surface area contributed by atoms with Crippen LogP contribution in [0.15, 0.2) is 42.7 Å². The van der Waals surface area contributed by atoms with Gasteiger partial charge in [-0.2, -0.15) is 0 Å². The van der Waals surface area contributed by atoms with Crippen molar-refractivity contribution in [2.75, 3.05) is 13.1 Å². The number of carbonyl (C=O) groups excluding carboxylic acids is 1. The maximum Gasteiger partial charge on any atom is 0.244 e. The Morgan fingerprint density at radius 3 is 2.54 bits per heavy atom. The number of likely N-dealkylation sites (tertiary alicyclic amines) is 1. The van der Waals surface area contributed by atoms with E-state index >= 15 is 0 Å². The third kappa shape index (κ3) is 3.68. The fourth-order valence-corrected chi connectivity index (χ4v) is 3.24. The summed E-state index contributed by atoms with van der Waals surface area (Å²) in [6.45, 7) is 1.31. The van der Waals surface area contributed by atoms with Gasteiger partial charge in [0.2, 0.25) is 5.91 Å². The van der Waals surface area contributed by atoms with Gasteiger partial charge in [-0.15, -0.1) is 0 Å². The number of rotatable bonds is 3. The molecule has 0 aliphatic carbocycles. The summed E-state index contributed by atoms with van der Waals surface area (Å²) in [5.74, 6) is 0.418. The number of amides is 1. The molecular weight excluding hydrogens is 326 g/mol. The van der Waals surface area contributed by atoms with Crippen LogP contribution in [0.5, 0.6) is 5.75 Å². The molecule has 3 N–H and O–H groups in total. The van der Waals surface area contributed by atoms with Crippen molar-refractivity contribution in [3.8, 4) is 5.75 Å². The first-order valence-corrected chi connectivity index (χ1v) is 8.36. The Morgan fingerprint density at radius 2 is 1.92 bits per heavy atom. The standard InChI is InChI=1S/C18H20ClN3O2/c19-15-3-1-13(2-4-15)17(20)18(24)22-7-5-12(6-8-22)14-9-16(23)11-21-10-14/h1-4,9-12,17,23H,5-8,20H2. The van der Waals surface area contributed by atoms with Crippen LogP contribution in [-0.4, -0.2) is 34.0 Å². The normalized spacial score (nSPS) is 16.8. The van der Waals surface area contributed by atoms with Crippen molar-refractivity contribution in [1.29, 1.82) is 0 Å². The number of carbonyl (C=O) groups is 1. The fourth-order valence-electron chi connectivity index (χ4n) is 3.11. The number of nitrogens with two attached hydrogens (primary N) is 1. The molecule has 0 radical (unpaired) electrons. The maximum atomic E-state index is 12.6. The molecule has 1 fully saturated rings. The average molecular weight is 346 g/mol. The Hall–Kier alpha value is -2.11. The molecule has 1 aromatic heterocycles. The van der Waals surface area contributed by atoms with Gasteiger partial charge in [-0.3, -0.25) is 9.78 Å². The van der Waals surface area contributed by atoms with Gasteiger partial charge >= 0.3 is 0 Å². The summed E-state index contributed by atoms with van der Waals surface area (Å²) >= 11 is 5.87. The zero-order chi connectivity index (χ0) is 17.1. The Labute approximate surface area is 146 Å². The van der Waals surface area contributed by atoms with E-state index in [0.29, 0.717) is 24.0 Å². The van der Waals surface area contributed by atoms with Crippen LogP contribution in [0.1, 0.15) is 35.9 Å². The smallest absolute Gasteiger partial charge is 0.244 e. The van der Waals surface area contributed by atoms with Crippen LogP contribution in [0.4, 0.5) is 0 Å². The molecule has 0 bridgehead atoms. The maximum absolute atomic E-state index is 12.6. The highest BCUT2D eigenvalue weighted by Gasteiger charge is 2.28. The molecule has 6 heteroatoms. The minimum atomic E-state index is -0.666. The lowest BCUT2D eigenvalue weighted by atomic mass is 9.90. The lowest BCUT2D eigenvalue weighted by Crippen LogP contribution is -2.42. The Bertz CT molecular complexity index is 712. The van der Waals surface area contributed by atoms with Gasteiger partial charge in [0.25, 0.3) is 0 Å². The van der Waals surface area contributed by atoms with Gasteiger partial charge in [0, 0.05) is 24.3 Å². The number of halogens is 1. The monoisotopic (exact) mass is 345 g/mol. The summed E-state index contributed by atoms with van der Waals surface area (Å²) in [5.41, 5.74) is 7.89. The summed E-state index contributed by atoms with van der Waals surface area (Å²) < 4.78 is 0. The molecule has 1 aromatic carbocycles. The second-order valence-electron chi connectivity index (χ2n) is 6.11. The lowest BCUT2D eigenvalue weighted by Gasteiger charge is -2.33. The number of benzene rings is 1. The van der Waals surface area contributed by atoms with Gasteiger partial charge in [0.1, 0.15) is 11.8 Å². The molecule has 2 heterocycles. The average Bonchev–Trinajstić information content (AvgIpc) is 2.61. The van der Waals surface area contributed by atoms with E-state index in [4.69, 9.17) is 17.3 Å². The molecule has 126 valence electrons. The fraction of sp³-hybridized carbons (Fsp3) is 0.333. The number of aromatic hydroxyl groups is 1. The van der Waals surface area contributed by atoms with Gasteiger partial charge in [0.05, 0.1) is 6.20 Å². The lowest BCUT2D eigenvalue weighted by molar-refractivity contribution is -0.133. The minimum absolute atomic E-state index is 0.0650. The van der Waals surface area contributed by atoms with Crippen molar-refractivity contribution in [2.45, 2.75) is 24.8 Å². The van der Waals surface area contributed by atoms with Crippen LogP contribution >= 0.6 is 11.6 Å². The van der Waals surface area contributed by atoms with E-state index in [-0.39, 0.29) is 11.7 Å². The molecule has 24 heavy (non-hydrogen) atoms. The van der Waals surface area contributed by atoms with E-state index in [2.05, 4.69) is 4.98 Å². The van der Waals surface area contributed by atoms with E-state index in [1.54, 1.807) is 36.5 Å². The highest BCUT2D eigenvalue weighted by molar-refractivity contribution is 6.30. The Kier molecular flexibility index (Phi) is 5.02. The molecule has 1 aliphatic heterocycles. The number of aromatic nitrogens is 1. The number of pyridine rings is 1. The van der Waals surface area contributed by atoms with Crippen LogP contribution < -0.4 is 5.73 Å². The van der Waals surface area contributed by atoms with Crippen molar-refractivity contribution in [3.05, 3.63) is 58.9 Å². The van der Waals surface area contributed by atoms with Gasteiger partial charge in [-0.25, -0.2) is 0 Å². The van der Waals surface area contributed by atoms with Gasteiger partial charge in [-0.1, -0.05) is 23.7 Å². The number of piperidine rings is 1. The summed E-state index contributed by atoms with van der Waals surface area (Å²) in [6, 6.07) is 8.14. The topological polar surface area (TPSA) is 79.5 Å². The molecule has 0 spiro atoms. The molecule has 1 atom stereocenters. The number of hydrogen-bond donors (Lipinski definition) is 2. The van der Waals surface area contributed by atoms with Gasteiger partial charge < -0.3 is 15.7 Å². The third-order valence-electron chi connectivity index (χ3n) is 4.52. The highest BCUT2D eigenvalue weighted by Crippen LogP contribution is 2.30. The Balaban J connectivity index is 1.61. The van der Waals surface area contributed by atoms with Crippen molar-refractivity contribution in [1.82, 2.24) is 9.88 Å². The third-order valence-corrected chi connectivity index (χ3v) is 4.77. The highest BCUT2D eigenvalue weighted by atomic mass is 35.5. The van der Waals surface area contributed by atoms with E-state index in [1.165, 1.54) is 6.20 Å². The summed E-state index contributed by atoms with van der Waals surface area (Å²) in [7, 11) is 0. The predicted molar refractivity (Wildman–Crippen MR) is 92.8 cm³/mol. The van der Waals surface area contributed by atoms with Crippen LogP contribution in [-0.2, 0) is 4.79 Å².